The van der Waals surface area contributed by atoms with Crippen molar-refractivity contribution in [2.45, 2.75) is 45.3 Å². The largest absolute Gasteiger partial charge is 0.481 e. The van der Waals surface area contributed by atoms with E-state index in [9.17, 15) is 24.6 Å². The van der Waals surface area contributed by atoms with Gasteiger partial charge in [0, 0.05) is 19.0 Å². The lowest BCUT2D eigenvalue weighted by molar-refractivity contribution is -0.150. The van der Waals surface area contributed by atoms with E-state index in [4.69, 9.17) is 4.74 Å². The average Bonchev–Trinajstić information content (AvgIpc) is 3.13. The number of carbonyl (C=O) groups is 3. The van der Waals surface area contributed by atoms with Crippen molar-refractivity contribution in [1.29, 1.82) is 0 Å². The number of β-amino-alcohol motifs (C(OH)–C–C–N with tert-alkyl or cyclic N) is 1. The van der Waals surface area contributed by atoms with Gasteiger partial charge in [-0.3, -0.25) is 9.59 Å². The lowest BCUT2D eigenvalue weighted by atomic mass is 9.85. The van der Waals surface area contributed by atoms with Crippen molar-refractivity contribution < 1.29 is 29.3 Å². The number of carbonyl (C=O) groups excluding carboxylic acids is 2. The first-order chi connectivity index (χ1) is 16.6. The van der Waals surface area contributed by atoms with Crippen molar-refractivity contribution in [2.24, 2.45) is 11.3 Å². The number of carboxylic acids is 1. The maximum absolute atomic E-state index is 13.3. The van der Waals surface area contributed by atoms with Gasteiger partial charge in [-0.05, 0) is 34.1 Å². The number of amides is 2. The summed E-state index contributed by atoms with van der Waals surface area (Å²) in [5.41, 5.74) is 3.76. The fourth-order valence-electron chi connectivity index (χ4n) is 5.02. The predicted molar refractivity (Wildman–Crippen MR) is 130 cm³/mol. The van der Waals surface area contributed by atoms with Crippen LogP contribution in [0.15, 0.2) is 48.5 Å². The number of aliphatic hydroxyl groups excluding tert-OH is 1. The van der Waals surface area contributed by atoms with Crippen molar-refractivity contribution >= 4 is 18.0 Å². The minimum absolute atomic E-state index is 0.00975. The second kappa shape index (κ2) is 9.70. The molecule has 1 aliphatic heterocycles. The highest BCUT2D eigenvalue weighted by Gasteiger charge is 2.40. The number of fused-ring (bicyclic) bond motifs is 3. The molecule has 186 valence electrons. The summed E-state index contributed by atoms with van der Waals surface area (Å²) in [5, 5.41) is 22.2. The molecule has 2 amide bonds. The molecule has 4 rings (SSSR count). The van der Waals surface area contributed by atoms with Crippen LogP contribution in [-0.2, 0) is 14.3 Å². The zero-order valence-corrected chi connectivity index (χ0v) is 20.2. The first kappa shape index (κ1) is 24.7. The number of ether oxygens (including phenoxy) is 1. The van der Waals surface area contributed by atoms with Crippen LogP contribution in [0.3, 0.4) is 0 Å². The van der Waals surface area contributed by atoms with Crippen LogP contribution in [-0.4, -0.2) is 64.9 Å². The number of aliphatic hydroxyl groups is 1. The van der Waals surface area contributed by atoms with E-state index < -0.39 is 41.4 Å². The molecule has 35 heavy (non-hydrogen) atoms. The highest BCUT2D eigenvalue weighted by Crippen LogP contribution is 2.44. The Kier molecular flexibility index (Phi) is 6.85. The molecule has 0 spiro atoms. The smallest absolute Gasteiger partial charge is 0.407 e. The van der Waals surface area contributed by atoms with Crippen molar-refractivity contribution in [3.05, 3.63) is 59.7 Å². The van der Waals surface area contributed by atoms with Gasteiger partial charge in [-0.15, -0.1) is 0 Å². The number of alkyl carbamates (subject to hydrolysis) is 1. The summed E-state index contributed by atoms with van der Waals surface area (Å²) in [5.74, 6) is -2.45. The Hall–Kier alpha value is -3.39. The molecule has 0 bridgehead atoms. The molecule has 0 saturated carbocycles. The molecule has 1 fully saturated rings. The lowest BCUT2D eigenvalue weighted by Gasteiger charge is -2.39. The maximum Gasteiger partial charge on any atom is 0.407 e. The van der Waals surface area contributed by atoms with Crippen LogP contribution in [0.25, 0.3) is 11.1 Å². The molecule has 1 heterocycles. The first-order valence-electron chi connectivity index (χ1n) is 11.9. The Bertz CT molecular complexity index is 1080. The van der Waals surface area contributed by atoms with E-state index in [1.807, 2.05) is 57.2 Å². The van der Waals surface area contributed by atoms with E-state index in [1.54, 1.807) is 0 Å². The third kappa shape index (κ3) is 5.17. The minimum atomic E-state index is -1.06. The van der Waals surface area contributed by atoms with Crippen molar-refractivity contribution in [3.63, 3.8) is 0 Å². The predicted octanol–water partition coefficient (Wildman–Crippen LogP) is 3.23. The van der Waals surface area contributed by atoms with Crippen molar-refractivity contribution in [1.82, 2.24) is 10.2 Å². The van der Waals surface area contributed by atoms with E-state index in [2.05, 4.69) is 17.4 Å². The Labute approximate surface area is 204 Å². The number of aliphatic carboxylic acids is 1. The standard InChI is InChI=1S/C27H32N2O6/c1-27(2,3)23(24(31)29-13-16(25(32)33)12-17(30)14-29)28-26(34)35-15-22-20-10-6-4-8-18(20)19-9-5-7-11-21(19)22/h4-11,16-17,22-23,30H,12-15H2,1-3H3,(H,28,34)(H,32,33)/t16?,17?,23-/m0/s1. The van der Waals surface area contributed by atoms with Gasteiger partial charge in [0.05, 0.1) is 12.0 Å². The minimum Gasteiger partial charge on any atom is -0.481 e. The van der Waals surface area contributed by atoms with E-state index in [-0.39, 0.29) is 32.0 Å². The Morgan fingerprint density at radius 1 is 1.03 bits per heavy atom. The third-order valence-electron chi connectivity index (χ3n) is 6.81. The molecule has 8 nitrogen and oxygen atoms in total. The van der Waals surface area contributed by atoms with Crippen LogP contribution >= 0.6 is 0 Å². The van der Waals surface area contributed by atoms with Gasteiger partial charge in [-0.2, -0.15) is 0 Å². The number of likely N-dealkylation sites (tertiary alicyclic amines) is 1. The van der Waals surface area contributed by atoms with Crippen LogP contribution in [0.2, 0.25) is 0 Å². The molecule has 2 aliphatic rings. The summed E-state index contributed by atoms with van der Waals surface area (Å²) in [6.45, 7) is 5.58. The zero-order chi connectivity index (χ0) is 25.3. The average molecular weight is 481 g/mol. The molecule has 8 heteroatoms. The number of nitrogens with one attached hydrogen (secondary N) is 1. The molecule has 3 atom stereocenters. The second-order valence-electron chi connectivity index (χ2n) is 10.4. The Balaban J connectivity index is 1.46. The highest BCUT2D eigenvalue weighted by molar-refractivity contribution is 5.87. The van der Waals surface area contributed by atoms with Gasteiger partial charge in [-0.25, -0.2) is 4.79 Å². The van der Waals surface area contributed by atoms with Crippen molar-refractivity contribution in [2.75, 3.05) is 19.7 Å². The molecule has 1 aliphatic carbocycles. The Morgan fingerprint density at radius 2 is 1.60 bits per heavy atom. The molecule has 0 radical (unpaired) electrons. The molecule has 2 aromatic carbocycles. The number of rotatable bonds is 5. The van der Waals surface area contributed by atoms with Crippen LogP contribution in [0, 0.1) is 11.3 Å². The highest BCUT2D eigenvalue weighted by atomic mass is 16.5. The van der Waals surface area contributed by atoms with Gasteiger partial charge in [0.25, 0.3) is 0 Å². The molecule has 1 saturated heterocycles. The Morgan fingerprint density at radius 3 is 2.14 bits per heavy atom. The summed E-state index contributed by atoms with van der Waals surface area (Å²) in [6, 6.07) is 15.1. The lowest BCUT2D eigenvalue weighted by Crippen LogP contribution is -2.58. The molecule has 0 aromatic heterocycles. The topological polar surface area (TPSA) is 116 Å². The van der Waals surface area contributed by atoms with E-state index in [1.165, 1.54) is 4.90 Å². The summed E-state index contributed by atoms with van der Waals surface area (Å²) in [7, 11) is 0. The molecular formula is C27H32N2O6. The fourth-order valence-corrected chi connectivity index (χ4v) is 5.02. The van der Waals surface area contributed by atoms with Crippen LogP contribution in [0.1, 0.15) is 44.2 Å². The van der Waals surface area contributed by atoms with Gasteiger partial charge in [-0.1, -0.05) is 69.3 Å². The van der Waals surface area contributed by atoms with E-state index in [0.29, 0.717) is 0 Å². The van der Waals surface area contributed by atoms with Gasteiger partial charge in [0.1, 0.15) is 12.6 Å². The quantitative estimate of drug-likeness (QED) is 0.605. The van der Waals surface area contributed by atoms with E-state index in [0.717, 1.165) is 22.3 Å². The summed E-state index contributed by atoms with van der Waals surface area (Å²) < 4.78 is 5.62. The SMILES string of the molecule is CC(C)(C)[C@@H](NC(=O)OCC1c2ccccc2-c2ccccc21)C(=O)N1CC(O)CC(C(=O)O)C1. The van der Waals surface area contributed by atoms with Crippen LogP contribution < -0.4 is 5.32 Å². The number of hydrogen-bond acceptors (Lipinski definition) is 5. The van der Waals surface area contributed by atoms with Gasteiger partial charge in [0.15, 0.2) is 0 Å². The number of carboxylic acid groups (broad SMARTS) is 1. The summed E-state index contributed by atoms with van der Waals surface area (Å²) >= 11 is 0. The number of hydrogen-bond donors (Lipinski definition) is 3. The van der Waals surface area contributed by atoms with Crippen molar-refractivity contribution in [3.8, 4) is 11.1 Å². The maximum atomic E-state index is 13.3. The number of nitrogens with zero attached hydrogens (tertiary/aromatic N) is 1. The van der Waals surface area contributed by atoms with Gasteiger partial charge < -0.3 is 25.2 Å². The zero-order valence-electron chi connectivity index (χ0n) is 20.2. The summed E-state index contributed by atoms with van der Waals surface area (Å²) in [6.07, 6.45) is -1.55. The fraction of sp³-hybridized carbons (Fsp3) is 0.444. The first-order valence-corrected chi connectivity index (χ1v) is 11.9. The number of benzene rings is 2. The van der Waals surface area contributed by atoms with Crippen LogP contribution in [0.5, 0.6) is 0 Å². The number of piperidine rings is 1. The van der Waals surface area contributed by atoms with Gasteiger partial charge in [0.2, 0.25) is 5.91 Å². The third-order valence-corrected chi connectivity index (χ3v) is 6.81. The normalized spacial score (nSPS) is 20.5. The molecule has 3 N–H and O–H groups in total. The second-order valence-corrected chi connectivity index (χ2v) is 10.4. The van der Waals surface area contributed by atoms with Crippen LogP contribution in [0.4, 0.5) is 4.79 Å². The molecule has 2 unspecified atom stereocenters. The molecular weight excluding hydrogens is 448 g/mol. The summed E-state index contributed by atoms with van der Waals surface area (Å²) in [4.78, 5) is 39.0. The molecule has 2 aromatic rings. The monoisotopic (exact) mass is 480 g/mol. The van der Waals surface area contributed by atoms with E-state index >= 15 is 0 Å². The van der Waals surface area contributed by atoms with Gasteiger partial charge >= 0.3 is 12.1 Å².